The Morgan fingerprint density at radius 1 is 1.09 bits per heavy atom. The molecule has 4 amide bonds. The van der Waals surface area contributed by atoms with Gasteiger partial charge < -0.3 is 0 Å². The van der Waals surface area contributed by atoms with Crippen molar-refractivity contribution < 1.29 is 19.2 Å². The fourth-order valence-electron chi connectivity index (χ4n) is 4.35. The minimum Gasteiger partial charge on any atom is -0.296 e. The smallest absolute Gasteiger partial charge is 0.233 e. The highest BCUT2D eigenvalue weighted by atomic mass is 16.2. The maximum atomic E-state index is 12.9. The van der Waals surface area contributed by atoms with Gasteiger partial charge in [-0.1, -0.05) is 13.8 Å². The van der Waals surface area contributed by atoms with Crippen LogP contribution in [0.5, 0.6) is 0 Å². The van der Waals surface area contributed by atoms with Crippen molar-refractivity contribution in [3.8, 4) is 0 Å². The summed E-state index contributed by atoms with van der Waals surface area (Å²) in [7, 11) is 0. The van der Waals surface area contributed by atoms with E-state index in [4.69, 9.17) is 0 Å². The number of piperidine rings is 2. The molecule has 3 aliphatic rings. The van der Waals surface area contributed by atoms with Crippen molar-refractivity contribution in [3.05, 3.63) is 0 Å². The lowest BCUT2D eigenvalue weighted by Crippen LogP contribution is -2.58. The summed E-state index contributed by atoms with van der Waals surface area (Å²) in [6.45, 7) is 5.84. The number of fused-ring (bicyclic) bond motifs is 5. The number of imide groups is 2. The molecule has 2 saturated heterocycles. The second-order valence-corrected chi connectivity index (χ2v) is 6.97. The summed E-state index contributed by atoms with van der Waals surface area (Å²) in [6, 6.07) is 0. The summed E-state index contributed by atoms with van der Waals surface area (Å²) in [6.07, 6.45) is 1.94. The van der Waals surface area contributed by atoms with Gasteiger partial charge in [-0.05, 0) is 32.1 Å². The van der Waals surface area contributed by atoms with E-state index in [0.29, 0.717) is 19.3 Å². The molecule has 1 saturated carbocycles. The van der Waals surface area contributed by atoms with Crippen molar-refractivity contribution in [3.63, 3.8) is 0 Å². The van der Waals surface area contributed by atoms with E-state index >= 15 is 0 Å². The van der Waals surface area contributed by atoms with Gasteiger partial charge in [0.05, 0.1) is 11.8 Å². The number of hydrogen-bond acceptors (Lipinski definition) is 4. The lowest BCUT2D eigenvalue weighted by molar-refractivity contribution is -0.161. The summed E-state index contributed by atoms with van der Waals surface area (Å²) in [5.41, 5.74) is -0.515. The van der Waals surface area contributed by atoms with Crippen LogP contribution in [0.25, 0.3) is 0 Å². The second kappa shape index (κ2) is 4.89. The van der Waals surface area contributed by atoms with Gasteiger partial charge in [0.15, 0.2) is 0 Å². The highest BCUT2D eigenvalue weighted by molar-refractivity contribution is 6.08. The molecule has 0 radical (unpaired) electrons. The van der Waals surface area contributed by atoms with Gasteiger partial charge in [0.1, 0.15) is 0 Å². The van der Waals surface area contributed by atoms with Crippen LogP contribution in [0.4, 0.5) is 0 Å². The molecule has 4 unspecified atom stereocenters. The molecule has 4 atom stereocenters. The third kappa shape index (κ3) is 1.85. The van der Waals surface area contributed by atoms with Crippen molar-refractivity contribution >= 4 is 23.6 Å². The van der Waals surface area contributed by atoms with Crippen molar-refractivity contribution in [1.29, 1.82) is 0 Å². The summed E-state index contributed by atoms with van der Waals surface area (Å²) in [4.78, 5) is 51.0. The van der Waals surface area contributed by atoms with Gasteiger partial charge in [-0.15, -0.1) is 0 Å². The molecule has 0 aromatic carbocycles. The monoisotopic (exact) mass is 306 g/mol. The molecule has 3 rings (SSSR count). The van der Waals surface area contributed by atoms with Crippen LogP contribution < -0.4 is 5.32 Å². The van der Waals surface area contributed by atoms with Crippen LogP contribution in [0.1, 0.15) is 46.5 Å². The van der Waals surface area contributed by atoms with E-state index in [1.165, 1.54) is 4.90 Å². The number of carbonyl (C=O) groups excluding carboxylic acids is 4. The van der Waals surface area contributed by atoms with Crippen LogP contribution in [0.2, 0.25) is 0 Å². The number of rotatable bonds is 3. The minimum atomic E-state index is -0.526. The van der Waals surface area contributed by atoms with Crippen LogP contribution in [-0.4, -0.2) is 34.1 Å². The number of likely N-dealkylation sites (tertiary alicyclic amines) is 1. The first-order valence-electron chi connectivity index (χ1n) is 8.05. The van der Waals surface area contributed by atoms with Gasteiger partial charge in [-0.2, -0.15) is 0 Å². The van der Waals surface area contributed by atoms with Gasteiger partial charge in [0, 0.05) is 17.9 Å². The Kier molecular flexibility index (Phi) is 3.38. The average Bonchev–Trinajstić information content (AvgIpc) is 2.82. The van der Waals surface area contributed by atoms with Gasteiger partial charge in [-0.3, -0.25) is 29.4 Å². The Bertz CT molecular complexity index is 566. The van der Waals surface area contributed by atoms with E-state index in [2.05, 4.69) is 5.32 Å². The molecule has 2 heterocycles. The predicted molar refractivity (Wildman–Crippen MR) is 77.2 cm³/mol. The zero-order chi connectivity index (χ0) is 16.2. The second-order valence-electron chi connectivity index (χ2n) is 6.97. The summed E-state index contributed by atoms with van der Waals surface area (Å²) < 4.78 is 0. The first kappa shape index (κ1) is 15.2. The van der Waals surface area contributed by atoms with Crippen LogP contribution in [-0.2, 0) is 19.2 Å². The summed E-state index contributed by atoms with van der Waals surface area (Å²) >= 11 is 0. The van der Waals surface area contributed by atoms with Gasteiger partial charge in [-0.25, -0.2) is 0 Å². The molecule has 22 heavy (non-hydrogen) atoms. The third-order valence-electron chi connectivity index (χ3n) is 6.04. The fraction of sp³-hybridized carbons (Fsp3) is 0.750. The molecule has 3 fully saturated rings. The maximum Gasteiger partial charge on any atom is 0.233 e. The molecule has 6 nitrogen and oxygen atoms in total. The zero-order valence-corrected chi connectivity index (χ0v) is 13.2. The molecule has 120 valence electrons. The van der Waals surface area contributed by atoms with Gasteiger partial charge in [0.25, 0.3) is 0 Å². The van der Waals surface area contributed by atoms with Crippen molar-refractivity contribution in [2.75, 3.05) is 0 Å². The zero-order valence-electron chi connectivity index (χ0n) is 13.2. The van der Waals surface area contributed by atoms with E-state index in [0.717, 1.165) is 0 Å². The van der Waals surface area contributed by atoms with Crippen LogP contribution in [0, 0.1) is 23.7 Å². The van der Waals surface area contributed by atoms with E-state index in [-0.39, 0.29) is 41.9 Å². The SMILES string of the molecule is CCC(C)(CC)N1C(=O)C2CC(C1=O)C1C(=O)NC(=O)CC21. The fourth-order valence-corrected chi connectivity index (χ4v) is 4.35. The highest BCUT2D eigenvalue weighted by Gasteiger charge is 2.62. The number of nitrogens with one attached hydrogen (secondary N) is 1. The molecular weight excluding hydrogens is 284 g/mol. The maximum absolute atomic E-state index is 12.9. The molecule has 0 spiro atoms. The van der Waals surface area contributed by atoms with Crippen LogP contribution >= 0.6 is 0 Å². The molecule has 2 aliphatic heterocycles. The minimum absolute atomic E-state index is 0.166. The Morgan fingerprint density at radius 2 is 1.68 bits per heavy atom. The number of amides is 4. The highest BCUT2D eigenvalue weighted by Crippen LogP contribution is 2.51. The quantitative estimate of drug-likeness (QED) is 0.784. The topological polar surface area (TPSA) is 83.6 Å². The van der Waals surface area contributed by atoms with Crippen molar-refractivity contribution in [2.24, 2.45) is 23.7 Å². The molecule has 0 aromatic rings. The van der Waals surface area contributed by atoms with E-state index < -0.39 is 17.4 Å². The normalized spacial score (nSPS) is 34.8. The van der Waals surface area contributed by atoms with E-state index in [9.17, 15) is 19.2 Å². The molecule has 0 aromatic heterocycles. The number of hydrogen-bond donors (Lipinski definition) is 1. The first-order valence-corrected chi connectivity index (χ1v) is 8.05. The average molecular weight is 306 g/mol. The summed E-state index contributed by atoms with van der Waals surface area (Å²) in [5.74, 6) is -2.82. The molecule has 1 N–H and O–H groups in total. The Labute approximate surface area is 129 Å². The van der Waals surface area contributed by atoms with Crippen LogP contribution in [0.3, 0.4) is 0 Å². The Hall–Kier alpha value is -1.72. The molecule has 2 bridgehead atoms. The lowest BCUT2D eigenvalue weighted by Gasteiger charge is -2.43. The lowest BCUT2D eigenvalue weighted by atomic mass is 9.82. The number of nitrogens with zero attached hydrogens (tertiary/aromatic N) is 1. The first-order chi connectivity index (χ1) is 10.3. The molecule has 1 aliphatic carbocycles. The van der Waals surface area contributed by atoms with Crippen molar-refractivity contribution in [2.45, 2.75) is 52.0 Å². The third-order valence-corrected chi connectivity index (χ3v) is 6.04. The van der Waals surface area contributed by atoms with E-state index in [1.807, 2.05) is 20.8 Å². The predicted octanol–water partition coefficient (Wildman–Crippen LogP) is 0.849. The van der Waals surface area contributed by atoms with Crippen molar-refractivity contribution in [1.82, 2.24) is 10.2 Å². The largest absolute Gasteiger partial charge is 0.296 e. The molecular formula is C16H22N2O4. The number of carbonyl (C=O) groups is 4. The Balaban J connectivity index is 2.02. The summed E-state index contributed by atoms with van der Waals surface area (Å²) in [5, 5.41) is 2.32. The van der Waals surface area contributed by atoms with Crippen LogP contribution in [0.15, 0.2) is 0 Å². The Morgan fingerprint density at radius 3 is 2.27 bits per heavy atom. The molecule has 6 heteroatoms. The standard InChI is InChI=1S/C16H22N2O4/c1-4-16(3,5-2)18-14(21)9-6-10(15(18)22)12-8(9)7-11(19)17-13(12)20/h8-10,12H,4-7H2,1-3H3,(H,17,19,20). The van der Waals surface area contributed by atoms with Gasteiger partial charge in [0.2, 0.25) is 23.6 Å². The van der Waals surface area contributed by atoms with Gasteiger partial charge >= 0.3 is 0 Å². The van der Waals surface area contributed by atoms with E-state index in [1.54, 1.807) is 0 Å².